The molecule has 3 N–H and O–H groups in total. The highest BCUT2D eigenvalue weighted by molar-refractivity contribution is 6.31. The quantitative estimate of drug-likeness (QED) is 0.741. The van der Waals surface area contributed by atoms with E-state index in [0.717, 1.165) is 0 Å². The first-order valence-electron chi connectivity index (χ1n) is 4.36. The van der Waals surface area contributed by atoms with Crippen molar-refractivity contribution in [2.24, 2.45) is 0 Å². The summed E-state index contributed by atoms with van der Waals surface area (Å²) >= 11 is 5.93. The monoisotopic (exact) mass is 229 g/mol. The summed E-state index contributed by atoms with van der Waals surface area (Å²) in [5.74, 6) is 0. The van der Waals surface area contributed by atoms with Gasteiger partial charge in [0.2, 0.25) is 0 Å². The second-order valence-corrected chi connectivity index (χ2v) is 3.81. The Morgan fingerprint density at radius 1 is 1.53 bits per heavy atom. The van der Waals surface area contributed by atoms with Gasteiger partial charge in [0.15, 0.2) is 0 Å². The fraction of sp³-hybridized carbons (Fsp3) is 0.300. The van der Waals surface area contributed by atoms with E-state index in [1.807, 2.05) is 0 Å². The molecule has 0 saturated carbocycles. The molecule has 4 nitrogen and oxygen atoms in total. The molecule has 0 aromatic heterocycles. The summed E-state index contributed by atoms with van der Waals surface area (Å²) in [4.78, 5) is 10.6. The van der Waals surface area contributed by atoms with Crippen LogP contribution in [0, 0.1) is 0 Å². The summed E-state index contributed by atoms with van der Waals surface area (Å²) in [6, 6.07) is 6.80. The van der Waals surface area contributed by atoms with Gasteiger partial charge in [-0.1, -0.05) is 29.8 Å². The number of aliphatic hydroxyl groups excluding tert-OH is 1. The lowest BCUT2D eigenvalue weighted by molar-refractivity contribution is 0.146. The summed E-state index contributed by atoms with van der Waals surface area (Å²) in [5.41, 5.74) is -0.527. The zero-order valence-corrected chi connectivity index (χ0v) is 8.95. The summed E-state index contributed by atoms with van der Waals surface area (Å²) in [6.07, 6.45) is -1.20. The number of halogens is 1. The minimum Gasteiger partial charge on any atom is -0.465 e. The van der Waals surface area contributed by atoms with Crippen LogP contribution < -0.4 is 5.32 Å². The number of aliphatic hydroxyl groups is 1. The van der Waals surface area contributed by atoms with Gasteiger partial charge in [0.1, 0.15) is 0 Å². The van der Waals surface area contributed by atoms with Gasteiger partial charge in [0.25, 0.3) is 0 Å². The van der Waals surface area contributed by atoms with Crippen molar-refractivity contribution in [3.05, 3.63) is 34.9 Å². The van der Waals surface area contributed by atoms with Crippen LogP contribution in [0.2, 0.25) is 5.02 Å². The first kappa shape index (κ1) is 11.8. The number of carboxylic acid groups (broad SMARTS) is 1. The summed E-state index contributed by atoms with van der Waals surface area (Å²) in [7, 11) is 0. The molecule has 0 spiro atoms. The van der Waals surface area contributed by atoms with Crippen LogP contribution in [0.4, 0.5) is 4.79 Å². The molecule has 1 atom stereocenters. The van der Waals surface area contributed by atoms with Crippen LogP contribution in [0.5, 0.6) is 0 Å². The maximum absolute atomic E-state index is 10.6. The Labute approximate surface area is 92.5 Å². The van der Waals surface area contributed by atoms with Gasteiger partial charge in [-0.2, -0.15) is 0 Å². The molecule has 0 aliphatic rings. The molecule has 1 aromatic rings. The molecule has 0 unspecified atom stereocenters. The highest BCUT2D eigenvalue weighted by Gasteiger charge is 2.29. The number of carbonyl (C=O) groups is 1. The van der Waals surface area contributed by atoms with Crippen molar-refractivity contribution >= 4 is 17.7 Å². The van der Waals surface area contributed by atoms with E-state index in [4.69, 9.17) is 16.7 Å². The average molecular weight is 230 g/mol. The number of amides is 1. The van der Waals surface area contributed by atoms with Crippen LogP contribution in [0.25, 0.3) is 0 Å². The van der Waals surface area contributed by atoms with Gasteiger partial charge in [-0.05, 0) is 18.6 Å². The summed E-state index contributed by atoms with van der Waals surface area (Å²) in [6.45, 7) is 1.21. The van der Waals surface area contributed by atoms with E-state index in [1.165, 1.54) is 0 Å². The van der Waals surface area contributed by atoms with Gasteiger partial charge in [0, 0.05) is 5.02 Å². The Morgan fingerprint density at radius 3 is 2.60 bits per heavy atom. The molecule has 1 amide bonds. The third kappa shape index (κ3) is 2.61. The SMILES string of the molecule is C[C@@](CO)(NC(=O)O)c1ccccc1Cl. The Balaban J connectivity index is 3.11. The third-order valence-corrected chi connectivity index (χ3v) is 2.50. The average Bonchev–Trinajstić information content (AvgIpc) is 2.17. The van der Waals surface area contributed by atoms with Crippen molar-refractivity contribution < 1.29 is 15.0 Å². The maximum Gasteiger partial charge on any atom is 0.405 e. The van der Waals surface area contributed by atoms with Gasteiger partial charge in [-0.15, -0.1) is 0 Å². The van der Waals surface area contributed by atoms with Crippen LogP contribution in [0.1, 0.15) is 12.5 Å². The van der Waals surface area contributed by atoms with E-state index in [2.05, 4.69) is 5.32 Å². The Kier molecular flexibility index (Phi) is 3.55. The standard InChI is InChI=1S/C10H12ClNO3/c1-10(6-13,12-9(14)15)7-4-2-3-5-8(7)11/h2-5,12-13H,6H2,1H3,(H,14,15)/t10-/m0/s1. The number of nitrogens with one attached hydrogen (secondary N) is 1. The molecule has 0 radical (unpaired) electrons. The molecule has 0 saturated heterocycles. The van der Waals surface area contributed by atoms with Crippen molar-refractivity contribution in [2.45, 2.75) is 12.5 Å². The summed E-state index contributed by atoms with van der Waals surface area (Å²) in [5, 5.41) is 20.6. The first-order valence-corrected chi connectivity index (χ1v) is 4.74. The van der Waals surface area contributed by atoms with E-state index in [-0.39, 0.29) is 6.61 Å². The molecule has 1 aromatic carbocycles. The van der Waals surface area contributed by atoms with E-state index in [9.17, 15) is 9.90 Å². The number of benzene rings is 1. The van der Waals surface area contributed by atoms with E-state index in [1.54, 1.807) is 31.2 Å². The first-order chi connectivity index (χ1) is 6.99. The van der Waals surface area contributed by atoms with Crippen LogP contribution in [0.15, 0.2) is 24.3 Å². The topological polar surface area (TPSA) is 69.6 Å². The molecule has 0 bridgehead atoms. The van der Waals surface area contributed by atoms with Gasteiger partial charge in [0.05, 0.1) is 12.1 Å². The van der Waals surface area contributed by atoms with Crippen molar-refractivity contribution in [3.63, 3.8) is 0 Å². The van der Waals surface area contributed by atoms with E-state index >= 15 is 0 Å². The van der Waals surface area contributed by atoms with Gasteiger partial charge >= 0.3 is 6.09 Å². The molecule has 15 heavy (non-hydrogen) atoms. The van der Waals surface area contributed by atoms with Crippen molar-refractivity contribution in [2.75, 3.05) is 6.61 Å². The maximum atomic E-state index is 10.6. The van der Waals surface area contributed by atoms with Gasteiger partial charge in [-0.25, -0.2) is 4.79 Å². The van der Waals surface area contributed by atoms with Crippen LogP contribution in [-0.4, -0.2) is 22.9 Å². The van der Waals surface area contributed by atoms with Crippen molar-refractivity contribution in [3.8, 4) is 0 Å². The molecule has 0 aliphatic carbocycles. The molecule has 5 heteroatoms. The Bertz CT molecular complexity index is 369. The van der Waals surface area contributed by atoms with Gasteiger partial charge in [-0.3, -0.25) is 0 Å². The molecule has 0 heterocycles. The fourth-order valence-electron chi connectivity index (χ4n) is 1.34. The number of hydrogen-bond acceptors (Lipinski definition) is 2. The van der Waals surface area contributed by atoms with Gasteiger partial charge < -0.3 is 15.5 Å². The third-order valence-electron chi connectivity index (χ3n) is 2.17. The smallest absolute Gasteiger partial charge is 0.405 e. The number of hydrogen-bond donors (Lipinski definition) is 3. The molecule has 0 fully saturated rings. The highest BCUT2D eigenvalue weighted by Crippen LogP contribution is 2.27. The molecule has 1 rings (SSSR count). The molecule has 0 aliphatic heterocycles. The predicted octanol–water partition coefficient (Wildman–Crippen LogP) is 1.82. The zero-order valence-electron chi connectivity index (χ0n) is 8.20. The fourth-order valence-corrected chi connectivity index (χ4v) is 1.68. The summed E-state index contributed by atoms with van der Waals surface area (Å²) < 4.78 is 0. The van der Waals surface area contributed by atoms with Crippen LogP contribution in [-0.2, 0) is 5.54 Å². The zero-order chi connectivity index (χ0) is 11.5. The Morgan fingerprint density at radius 2 is 2.13 bits per heavy atom. The lowest BCUT2D eigenvalue weighted by Gasteiger charge is -2.28. The number of rotatable bonds is 3. The van der Waals surface area contributed by atoms with Crippen LogP contribution in [0.3, 0.4) is 0 Å². The van der Waals surface area contributed by atoms with E-state index in [0.29, 0.717) is 10.6 Å². The molecule has 82 valence electrons. The van der Waals surface area contributed by atoms with Crippen molar-refractivity contribution in [1.29, 1.82) is 0 Å². The second kappa shape index (κ2) is 4.51. The minimum atomic E-state index is -1.20. The normalized spacial score (nSPS) is 14.3. The predicted molar refractivity (Wildman–Crippen MR) is 57.1 cm³/mol. The van der Waals surface area contributed by atoms with E-state index < -0.39 is 11.6 Å². The van der Waals surface area contributed by atoms with Crippen LogP contribution >= 0.6 is 11.6 Å². The molecular formula is C10H12ClNO3. The highest BCUT2D eigenvalue weighted by atomic mass is 35.5. The minimum absolute atomic E-state index is 0.358. The lowest BCUT2D eigenvalue weighted by Crippen LogP contribution is -2.45. The Hall–Kier alpha value is -1.26. The second-order valence-electron chi connectivity index (χ2n) is 3.40. The lowest BCUT2D eigenvalue weighted by atomic mass is 9.93. The molecular weight excluding hydrogens is 218 g/mol. The largest absolute Gasteiger partial charge is 0.465 e. The van der Waals surface area contributed by atoms with Crippen molar-refractivity contribution in [1.82, 2.24) is 5.32 Å².